The van der Waals surface area contributed by atoms with Crippen molar-refractivity contribution < 1.29 is 27.1 Å². The van der Waals surface area contributed by atoms with Crippen LogP contribution >= 0.6 is 11.3 Å². The summed E-state index contributed by atoms with van der Waals surface area (Å²) < 4.78 is 36.6. The maximum atomic E-state index is 12.2. The number of fused-ring (bicyclic) bond motifs is 1. The zero-order valence-electron chi connectivity index (χ0n) is 13.5. The molecule has 0 amide bonds. The van der Waals surface area contributed by atoms with Crippen molar-refractivity contribution in [2.24, 2.45) is 0 Å². The number of hydrogen-bond donors (Lipinski definition) is 2. The number of thiophene rings is 1. The highest BCUT2D eigenvalue weighted by atomic mass is 32.3. The Hall–Kier alpha value is -1.78. The van der Waals surface area contributed by atoms with Crippen molar-refractivity contribution in [1.29, 1.82) is 0 Å². The monoisotopic (exact) mass is 385 g/mol. The number of rotatable bonds is 3. The van der Waals surface area contributed by atoms with Crippen LogP contribution in [0.25, 0.3) is 0 Å². The smallest absolute Gasteiger partial charge is 0.394 e. The van der Waals surface area contributed by atoms with Gasteiger partial charge in [-0.05, 0) is 29.0 Å². The van der Waals surface area contributed by atoms with Gasteiger partial charge in [-0.15, -0.1) is 11.3 Å². The number of ether oxygens (including phenoxy) is 1. The molecule has 1 aliphatic rings. The van der Waals surface area contributed by atoms with Crippen LogP contribution < -0.4 is 0 Å². The van der Waals surface area contributed by atoms with E-state index in [1.54, 1.807) is 11.3 Å². The number of benzene rings is 1. The van der Waals surface area contributed by atoms with Gasteiger partial charge >= 0.3 is 16.4 Å². The third-order valence-corrected chi connectivity index (χ3v) is 4.77. The topological polar surface area (TPSA) is 104 Å². The van der Waals surface area contributed by atoms with E-state index in [-0.39, 0.29) is 12.0 Å². The van der Waals surface area contributed by atoms with Crippen molar-refractivity contribution in [3.8, 4) is 0 Å². The third-order valence-electron chi connectivity index (χ3n) is 3.74. The molecule has 0 spiro atoms. The molecule has 3 rings (SSSR count). The Kier molecular flexibility index (Phi) is 6.68. The number of esters is 1. The first-order chi connectivity index (χ1) is 11.8. The van der Waals surface area contributed by atoms with Crippen molar-refractivity contribution in [2.45, 2.75) is 19.0 Å². The summed E-state index contributed by atoms with van der Waals surface area (Å²) in [4.78, 5) is 15.8. The average Bonchev–Trinajstić information content (AvgIpc) is 3.02. The van der Waals surface area contributed by atoms with E-state index in [2.05, 4.69) is 16.3 Å². The van der Waals surface area contributed by atoms with E-state index in [0.717, 1.165) is 25.1 Å². The quantitative estimate of drug-likeness (QED) is 0.617. The minimum Gasteiger partial charge on any atom is -0.468 e. The van der Waals surface area contributed by atoms with Crippen LogP contribution in [0.3, 0.4) is 0 Å². The van der Waals surface area contributed by atoms with Gasteiger partial charge in [-0.1, -0.05) is 30.3 Å². The lowest BCUT2D eigenvalue weighted by Gasteiger charge is -2.33. The van der Waals surface area contributed by atoms with E-state index >= 15 is 0 Å². The summed E-state index contributed by atoms with van der Waals surface area (Å²) in [5.41, 5.74) is 2.34. The fourth-order valence-electron chi connectivity index (χ4n) is 2.73. The molecule has 7 nitrogen and oxygen atoms in total. The van der Waals surface area contributed by atoms with E-state index in [0.29, 0.717) is 0 Å². The van der Waals surface area contributed by atoms with Crippen LogP contribution in [-0.4, -0.2) is 42.0 Å². The van der Waals surface area contributed by atoms with Gasteiger partial charge in [0.2, 0.25) is 0 Å². The molecule has 0 aliphatic carbocycles. The second-order valence-corrected chi connectivity index (χ2v) is 7.27. The molecular formula is C16H19NO6S2. The minimum atomic E-state index is -4.67. The largest absolute Gasteiger partial charge is 0.468 e. The summed E-state index contributed by atoms with van der Waals surface area (Å²) in [6.07, 6.45) is 1.01. The van der Waals surface area contributed by atoms with Gasteiger partial charge in [-0.25, -0.2) is 4.79 Å². The van der Waals surface area contributed by atoms with Gasteiger partial charge < -0.3 is 4.74 Å². The Morgan fingerprint density at radius 3 is 2.48 bits per heavy atom. The van der Waals surface area contributed by atoms with Crippen molar-refractivity contribution >= 4 is 27.7 Å². The average molecular weight is 385 g/mol. The molecule has 25 heavy (non-hydrogen) atoms. The molecule has 0 radical (unpaired) electrons. The van der Waals surface area contributed by atoms with E-state index in [9.17, 15) is 4.79 Å². The van der Waals surface area contributed by atoms with Gasteiger partial charge in [0.25, 0.3) is 0 Å². The number of methoxy groups -OCH3 is 1. The highest BCUT2D eigenvalue weighted by Crippen LogP contribution is 2.30. The summed E-state index contributed by atoms with van der Waals surface area (Å²) >= 11 is 1.81. The number of nitrogens with zero attached hydrogens (tertiary/aromatic N) is 1. The Bertz CT molecular complexity index is 795. The molecule has 0 saturated carbocycles. The summed E-state index contributed by atoms with van der Waals surface area (Å²) in [6, 6.07) is 11.7. The molecule has 0 fully saturated rings. The van der Waals surface area contributed by atoms with Crippen LogP contribution in [0.4, 0.5) is 0 Å². The molecule has 0 saturated heterocycles. The Morgan fingerprint density at radius 2 is 1.88 bits per heavy atom. The molecule has 1 aliphatic heterocycles. The van der Waals surface area contributed by atoms with Gasteiger partial charge in [0.1, 0.15) is 6.04 Å². The zero-order chi connectivity index (χ0) is 18.4. The predicted molar refractivity (Wildman–Crippen MR) is 93.8 cm³/mol. The Morgan fingerprint density at radius 1 is 1.24 bits per heavy atom. The molecule has 9 heteroatoms. The number of hydrogen-bond acceptors (Lipinski definition) is 6. The second-order valence-electron chi connectivity index (χ2n) is 5.37. The molecule has 0 bridgehead atoms. The summed E-state index contributed by atoms with van der Waals surface area (Å²) in [5, 5.41) is 2.13. The molecule has 2 N–H and O–H groups in total. The highest BCUT2D eigenvalue weighted by Gasteiger charge is 2.31. The Labute approximate surface area is 150 Å². The van der Waals surface area contributed by atoms with Crippen LogP contribution in [-0.2, 0) is 32.9 Å². The van der Waals surface area contributed by atoms with Crippen molar-refractivity contribution in [3.63, 3.8) is 0 Å². The first kappa shape index (κ1) is 19.5. The van der Waals surface area contributed by atoms with Crippen LogP contribution in [0.1, 0.15) is 22.0 Å². The standard InChI is InChI=1S/C16H17NO2S.H2O4S/c1-19-16(18)15(12-5-3-2-4-6-12)17-9-7-14-13(11-17)8-10-20-14;1-5(2,3)4/h2-6,8,10,15H,7,9,11H2,1H3;(H2,1,2,3,4)/t15-;/m0./s1. The van der Waals surface area contributed by atoms with Crippen molar-refractivity contribution in [3.05, 3.63) is 57.8 Å². The molecule has 1 aromatic heterocycles. The SMILES string of the molecule is COC(=O)[C@H](c1ccccc1)N1CCc2sccc2C1.O=S(=O)(O)O. The molecule has 1 atom stereocenters. The second kappa shape index (κ2) is 8.54. The lowest BCUT2D eigenvalue weighted by Crippen LogP contribution is -2.38. The highest BCUT2D eigenvalue weighted by molar-refractivity contribution is 7.79. The maximum absolute atomic E-state index is 12.2. The van der Waals surface area contributed by atoms with E-state index in [4.69, 9.17) is 22.3 Å². The van der Waals surface area contributed by atoms with Crippen molar-refractivity contribution in [2.75, 3.05) is 13.7 Å². The first-order valence-electron chi connectivity index (χ1n) is 7.41. The summed E-state index contributed by atoms with van der Waals surface area (Å²) in [7, 11) is -3.21. The van der Waals surface area contributed by atoms with Gasteiger partial charge in [0, 0.05) is 18.0 Å². The van der Waals surface area contributed by atoms with E-state index in [1.165, 1.54) is 17.6 Å². The first-order valence-corrected chi connectivity index (χ1v) is 9.69. The number of carbonyl (C=O) groups excluding carboxylic acids is 1. The van der Waals surface area contributed by atoms with Gasteiger partial charge in [-0.3, -0.25) is 14.0 Å². The fraction of sp³-hybridized carbons (Fsp3) is 0.312. The molecule has 2 aromatic rings. The normalized spacial score (nSPS) is 15.5. The number of carbonyl (C=O) groups is 1. The molecule has 1 aromatic carbocycles. The fourth-order valence-corrected chi connectivity index (χ4v) is 3.62. The van der Waals surface area contributed by atoms with Crippen LogP contribution in [0.15, 0.2) is 41.8 Å². The summed E-state index contributed by atoms with van der Waals surface area (Å²) in [5.74, 6) is -0.185. The zero-order valence-corrected chi connectivity index (χ0v) is 15.2. The lowest BCUT2D eigenvalue weighted by molar-refractivity contribution is -0.147. The molecular weight excluding hydrogens is 366 g/mol. The van der Waals surface area contributed by atoms with Crippen LogP contribution in [0.5, 0.6) is 0 Å². The van der Waals surface area contributed by atoms with Crippen LogP contribution in [0.2, 0.25) is 0 Å². The molecule has 0 unspecified atom stereocenters. The van der Waals surface area contributed by atoms with E-state index < -0.39 is 10.4 Å². The third kappa shape index (κ3) is 5.91. The molecule has 2 heterocycles. The van der Waals surface area contributed by atoms with Gasteiger partial charge in [0.05, 0.1) is 7.11 Å². The van der Waals surface area contributed by atoms with Gasteiger partial charge in [0.15, 0.2) is 0 Å². The summed E-state index contributed by atoms with van der Waals surface area (Å²) in [6.45, 7) is 1.70. The Balaban J connectivity index is 0.000000399. The lowest BCUT2D eigenvalue weighted by atomic mass is 10.0. The van der Waals surface area contributed by atoms with Crippen molar-refractivity contribution in [1.82, 2.24) is 4.90 Å². The van der Waals surface area contributed by atoms with Crippen LogP contribution in [0, 0.1) is 0 Å². The molecule has 136 valence electrons. The van der Waals surface area contributed by atoms with E-state index in [1.807, 2.05) is 30.3 Å². The minimum absolute atomic E-state index is 0.185. The maximum Gasteiger partial charge on any atom is 0.394 e. The van der Waals surface area contributed by atoms with Gasteiger partial charge in [-0.2, -0.15) is 8.42 Å². The predicted octanol–water partition coefficient (Wildman–Crippen LogP) is 2.37.